The van der Waals surface area contributed by atoms with Gasteiger partial charge in [-0.1, -0.05) is 35.9 Å². The van der Waals surface area contributed by atoms with Crippen LogP contribution >= 0.6 is 11.6 Å². The summed E-state index contributed by atoms with van der Waals surface area (Å²) in [5.74, 6) is -0.323. The number of carbonyl (C=O) groups is 2. The fraction of sp³-hybridized carbons (Fsp3) is 0.200. The number of hydrogen-bond donors (Lipinski definition) is 1. The van der Waals surface area contributed by atoms with E-state index in [4.69, 9.17) is 11.6 Å². The maximum Gasteiger partial charge on any atom is 0.270 e. The second kappa shape index (κ2) is 6.37. The molecule has 0 unspecified atom stereocenters. The van der Waals surface area contributed by atoms with Crippen molar-refractivity contribution in [2.75, 3.05) is 13.1 Å². The van der Waals surface area contributed by atoms with Crippen molar-refractivity contribution in [2.24, 2.45) is 0 Å². The van der Waals surface area contributed by atoms with Gasteiger partial charge in [-0.05, 0) is 41.8 Å². The van der Waals surface area contributed by atoms with Gasteiger partial charge in [-0.3, -0.25) is 9.59 Å². The maximum absolute atomic E-state index is 12.8. The smallest absolute Gasteiger partial charge is 0.270 e. The third-order valence-corrected chi connectivity index (χ3v) is 5.05. The Morgan fingerprint density at radius 1 is 1.16 bits per heavy atom. The first-order valence-corrected chi connectivity index (χ1v) is 8.65. The molecule has 2 aromatic carbocycles. The van der Waals surface area contributed by atoms with Crippen molar-refractivity contribution in [2.45, 2.75) is 12.5 Å². The second-order valence-electron chi connectivity index (χ2n) is 6.27. The zero-order valence-corrected chi connectivity index (χ0v) is 14.3. The van der Waals surface area contributed by atoms with E-state index in [9.17, 15) is 9.59 Å². The third-order valence-electron chi connectivity index (χ3n) is 4.79. The second-order valence-corrected chi connectivity index (χ2v) is 6.71. The van der Waals surface area contributed by atoms with E-state index in [1.54, 1.807) is 24.3 Å². The third kappa shape index (κ3) is 2.94. The maximum atomic E-state index is 12.8. The number of amides is 1. The first-order chi connectivity index (χ1) is 12.1. The normalized spacial score (nSPS) is 20.7. The van der Waals surface area contributed by atoms with Crippen LogP contribution in [-0.2, 0) is 11.2 Å². The molecule has 5 heteroatoms. The average molecular weight is 353 g/mol. The Kier molecular flexibility index (Phi) is 4.06. The molecule has 4 nitrogen and oxygen atoms in total. The van der Waals surface area contributed by atoms with Crippen molar-refractivity contribution in [1.29, 1.82) is 0 Å². The quantitative estimate of drug-likeness (QED) is 0.667. The van der Waals surface area contributed by atoms with Crippen molar-refractivity contribution in [1.82, 2.24) is 10.2 Å². The Labute approximate surface area is 151 Å². The molecule has 0 aromatic heterocycles. The number of carbonyl (C=O) groups excluding carboxylic acids is 2. The predicted molar refractivity (Wildman–Crippen MR) is 96.5 cm³/mol. The molecule has 1 fully saturated rings. The fourth-order valence-corrected chi connectivity index (χ4v) is 3.62. The Bertz CT molecular complexity index is 874. The van der Waals surface area contributed by atoms with Gasteiger partial charge >= 0.3 is 0 Å². The van der Waals surface area contributed by atoms with Gasteiger partial charge in [0.05, 0.1) is 6.04 Å². The van der Waals surface area contributed by atoms with Crippen LogP contribution < -0.4 is 5.32 Å². The van der Waals surface area contributed by atoms with Gasteiger partial charge in [0, 0.05) is 29.8 Å². The monoisotopic (exact) mass is 352 g/mol. The van der Waals surface area contributed by atoms with Crippen LogP contribution in [0.25, 0.3) is 0 Å². The van der Waals surface area contributed by atoms with Crippen LogP contribution in [0.15, 0.2) is 60.3 Å². The molecule has 0 bridgehead atoms. The van der Waals surface area contributed by atoms with E-state index in [0.29, 0.717) is 29.4 Å². The molecular formula is C20H17ClN2O2. The van der Waals surface area contributed by atoms with Crippen molar-refractivity contribution in [3.63, 3.8) is 0 Å². The summed E-state index contributed by atoms with van der Waals surface area (Å²) in [6.45, 7) is 1.29. The molecule has 126 valence electrons. The Hall–Kier alpha value is -2.59. The van der Waals surface area contributed by atoms with Crippen molar-refractivity contribution in [3.8, 4) is 0 Å². The molecule has 2 heterocycles. The Morgan fingerprint density at radius 2 is 1.92 bits per heavy atom. The molecule has 0 saturated carbocycles. The van der Waals surface area contributed by atoms with Gasteiger partial charge in [-0.15, -0.1) is 0 Å². The van der Waals surface area contributed by atoms with E-state index in [1.165, 1.54) is 17.2 Å². The molecule has 0 spiro atoms. The number of halogens is 1. The molecule has 0 aliphatic carbocycles. The average Bonchev–Trinajstić information content (AvgIpc) is 2.64. The molecule has 2 aromatic rings. The highest BCUT2D eigenvalue weighted by molar-refractivity contribution is 6.30. The standard InChI is InChI=1S/C20H17ClN2O2/c21-15-7-5-14(6-8-15)19(24)11-17-20(25)23-10-9-13-3-1-2-4-16(13)18(23)12-22-17/h1-8,11,18,22H,9-10,12H2/t18-/m1/s1. The van der Waals surface area contributed by atoms with Crippen LogP contribution in [0.5, 0.6) is 0 Å². The van der Waals surface area contributed by atoms with Gasteiger partial charge in [-0.25, -0.2) is 0 Å². The van der Waals surface area contributed by atoms with E-state index < -0.39 is 0 Å². The van der Waals surface area contributed by atoms with Crippen molar-refractivity contribution >= 4 is 23.3 Å². The van der Waals surface area contributed by atoms with Crippen LogP contribution in [0.1, 0.15) is 27.5 Å². The number of allylic oxidation sites excluding steroid dienone is 1. The number of nitrogens with zero attached hydrogens (tertiary/aromatic N) is 1. The van der Waals surface area contributed by atoms with Crippen LogP contribution in [0, 0.1) is 0 Å². The highest BCUT2D eigenvalue weighted by Crippen LogP contribution is 2.32. The molecule has 2 aliphatic rings. The summed E-state index contributed by atoms with van der Waals surface area (Å²) < 4.78 is 0. The van der Waals surface area contributed by atoms with Gasteiger partial charge < -0.3 is 10.2 Å². The number of piperazine rings is 1. The minimum atomic E-state index is -0.205. The predicted octanol–water partition coefficient (Wildman–Crippen LogP) is 3.14. The summed E-state index contributed by atoms with van der Waals surface area (Å²) in [4.78, 5) is 27.1. The Morgan fingerprint density at radius 3 is 2.72 bits per heavy atom. The first kappa shape index (κ1) is 15.9. The lowest BCUT2D eigenvalue weighted by atomic mass is 9.90. The van der Waals surface area contributed by atoms with Crippen LogP contribution in [0.4, 0.5) is 0 Å². The largest absolute Gasteiger partial charge is 0.378 e. The topological polar surface area (TPSA) is 49.4 Å². The summed E-state index contributed by atoms with van der Waals surface area (Å²) in [6.07, 6.45) is 2.24. The van der Waals surface area contributed by atoms with E-state index in [0.717, 1.165) is 6.42 Å². The summed E-state index contributed by atoms with van der Waals surface area (Å²) in [5.41, 5.74) is 3.36. The highest BCUT2D eigenvalue weighted by atomic mass is 35.5. The molecule has 1 saturated heterocycles. The lowest BCUT2D eigenvalue weighted by molar-refractivity contribution is -0.132. The lowest BCUT2D eigenvalue weighted by Crippen LogP contribution is -2.51. The minimum absolute atomic E-state index is 0.0280. The van der Waals surface area contributed by atoms with Gasteiger partial charge in [0.2, 0.25) is 0 Å². The van der Waals surface area contributed by atoms with Crippen molar-refractivity contribution in [3.05, 3.63) is 82.0 Å². The molecular weight excluding hydrogens is 336 g/mol. The molecule has 1 atom stereocenters. The van der Waals surface area contributed by atoms with Crippen molar-refractivity contribution < 1.29 is 9.59 Å². The van der Waals surface area contributed by atoms with E-state index in [-0.39, 0.29) is 17.7 Å². The summed E-state index contributed by atoms with van der Waals surface area (Å²) in [6, 6.07) is 14.9. The number of hydrogen-bond acceptors (Lipinski definition) is 3. The molecule has 1 N–H and O–H groups in total. The number of ketones is 1. The molecule has 25 heavy (non-hydrogen) atoms. The number of fused-ring (bicyclic) bond motifs is 3. The summed E-state index contributed by atoms with van der Waals surface area (Å²) in [5, 5.41) is 3.72. The Balaban J connectivity index is 1.58. The molecule has 4 rings (SSSR count). The number of benzene rings is 2. The number of rotatable bonds is 2. The van der Waals surface area contributed by atoms with Crippen LogP contribution in [-0.4, -0.2) is 29.7 Å². The molecule has 1 amide bonds. The lowest BCUT2D eigenvalue weighted by Gasteiger charge is -2.41. The van der Waals surface area contributed by atoms with Gasteiger partial charge in [0.15, 0.2) is 5.78 Å². The fourth-order valence-electron chi connectivity index (χ4n) is 3.49. The SMILES string of the molecule is O=C(C=C1NC[C@@H]2c3ccccc3CCN2C1=O)c1ccc(Cl)cc1. The van der Waals surface area contributed by atoms with Crippen LogP contribution in [0.2, 0.25) is 5.02 Å². The zero-order valence-electron chi connectivity index (χ0n) is 13.5. The van der Waals surface area contributed by atoms with E-state index in [1.807, 2.05) is 17.0 Å². The zero-order chi connectivity index (χ0) is 17.4. The summed E-state index contributed by atoms with van der Waals surface area (Å²) in [7, 11) is 0. The minimum Gasteiger partial charge on any atom is -0.378 e. The molecule has 2 aliphatic heterocycles. The highest BCUT2D eigenvalue weighted by Gasteiger charge is 2.36. The van der Waals surface area contributed by atoms with Gasteiger partial charge in [-0.2, -0.15) is 0 Å². The first-order valence-electron chi connectivity index (χ1n) is 8.28. The van der Waals surface area contributed by atoms with E-state index in [2.05, 4.69) is 17.4 Å². The van der Waals surface area contributed by atoms with Crippen LogP contribution in [0.3, 0.4) is 0 Å². The molecule has 0 radical (unpaired) electrons. The van der Waals surface area contributed by atoms with E-state index >= 15 is 0 Å². The van der Waals surface area contributed by atoms with Gasteiger partial charge in [0.25, 0.3) is 5.91 Å². The summed E-state index contributed by atoms with van der Waals surface area (Å²) >= 11 is 5.85. The van der Waals surface area contributed by atoms with Gasteiger partial charge in [0.1, 0.15) is 5.70 Å². The number of nitrogens with one attached hydrogen (secondary N) is 1.